The first-order valence-electron chi connectivity index (χ1n) is 5.90. The molecule has 3 heteroatoms. The van der Waals surface area contributed by atoms with E-state index in [4.69, 9.17) is 4.74 Å². The molecule has 0 aliphatic rings. The lowest BCUT2D eigenvalue weighted by Crippen LogP contribution is -2.03. The van der Waals surface area contributed by atoms with Crippen molar-refractivity contribution in [2.45, 2.75) is 13.3 Å². The van der Waals surface area contributed by atoms with Crippen molar-refractivity contribution in [1.29, 1.82) is 0 Å². The summed E-state index contributed by atoms with van der Waals surface area (Å²) in [5, 5.41) is 0. The van der Waals surface area contributed by atoms with Gasteiger partial charge in [-0.25, -0.2) is 4.79 Å². The van der Waals surface area contributed by atoms with Crippen LogP contribution in [0.1, 0.15) is 29.3 Å². The Kier molecular flexibility index (Phi) is 5.96. The third kappa shape index (κ3) is 4.23. The molecule has 0 aliphatic carbocycles. The van der Waals surface area contributed by atoms with Crippen LogP contribution >= 0.6 is 0 Å². The number of carbonyl (C=O) groups excluding carboxylic acids is 1. The minimum atomic E-state index is -0.333. The average Bonchev–Trinajstić information content (AvgIpc) is 2.43. The summed E-state index contributed by atoms with van der Waals surface area (Å²) >= 11 is 0. The summed E-state index contributed by atoms with van der Waals surface area (Å²) in [6, 6.07) is 7.07. The average molecular weight is 246 g/mol. The SMILES string of the molecule is CCC(C#Cc1ccc(C(=O)OC)cc1)COC. The van der Waals surface area contributed by atoms with Gasteiger partial charge in [0, 0.05) is 18.6 Å². The predicted molar refractivity (Wildman–Crippen MR) is 70.3 cm³/mol. The Morgan fingerprint density at radius 2 is 1.94 bits per heavy atom. The lowest BCUT2D eigenvalue weighted by Gasteiger charge is -2.04. The van der Waals surface area contributed by atoms with Crippen LogP contribution in [0.2, 0.25) is 0 Å². The van der Waals surface area contributed by atoms with Gasteiger partial charge in [-0.3, -0.25) is 0 Å². The van der Waals surface area contributed by atoms with Gasteiger partial charge in [0.1, 0.15) is 0 Å². The van der Waals surface area contributed by atoms with Crippen molar-refractivity contribution < 1.29 is 14.3 Å². The molecule has 0 spiro atoms. The number of hydrogen-bond acceptors (Lipinski definition) is 3. The van der Waals surface area contributed by atoms with Gasteiger partial charge in [0.05, 0.1) is 19.3 Å². The van der Waals surface area contributed by atoms with E-state index in [0.29, 0.717) is 12.2 Å². The van der Waals surface area contributed by atoms with Crippen molar-refractivity contribution in [3.8, 4) is 11.8 Å². The molecule has 1 aromatic rings. The van der Waals surface area contributed by atoms with Gasteiger partial charge in [-0.05, 0) is 30.7 Å². The van der Waals surface area contributed by atoms with Crippen molar-refractivity contribution in [3.05, 3.63) is 35.4 Å². The molecule has 1 aromatic carbocycles. The highest BCUT2D eigenvalue weighted by molar-refractivity contribution is 5.89. The largest absolute Gasteiger partial charge is 0.465 e. The number of ether oxygens (including phenoxy) is 2. The molecule has 0 heterocycles. The van der Waals surface area contributed by atoms with E-state index in [-0.39, 0.29) is 11.9 Å². The fourth-order valence-electron chi connectivity index (χ4n) is 1.46. The number of methoxy groups -OCH3 is 2. The first-order valence-corrected chi connectivity index (χ1v) is 5.90. The molecule has 1 unspecified atom stereocenters. The zero-order chi connectivity index (χ0) is 13.4. The molecule has 0 saturated heterocycles. The highest BCUT2D eigenvalue weighted by Gasteiger charge is 2.03. The normalized spacial score (nSPS) is 11.3. The Balaban J connectivity index is 2.74. The quantitative estimate of drug-likeness (QED) is 0.605. The number of rotatable bonds is 4. The molecule has 96 valence electrons. The third-order valence-electron chi connectivity index (χ3n) is 2.59. The van der Waals surface area contributed by atoms with Gasteiger partial charge < -0.3 is 9.47 Å². The van der Waals surface area contributed by atoms with Gasteiger partial charge in [-0.1, -0.05) is 18.8 Å². The van der Waals surface area contributed by atoms with Crippen LogP contribution in [0.15, 0.2) is 24.3 Å². The maximum Gasteiger partial charge on any atom is 0.337 e. The van der Waals surface area contributed by atoms with Crippen molar-refractivity contribution >= 4 is 5.97 Å². The molecule has 0 fully saturated rings. The van der Waals surface area contributed by atoms with Crippen LogP contribution in [0.3, 0.4) is 0 Å². The summed E-state index contributed by atoms with van der Waals surface area (Å²) in [5.41, 5.74) is 1.42. The van der Waals surface area contributed by atoms with Gasteiger partial charge in [0.15, 0.2) is 0 Å². The summed E-state index contributed by atoms with van der Waals surface area (Å²) in [7, 11) is 3.04. The van der Waals surface area contributed by atoms with Crippen LogP contribution in [0.4, 0.5) is 0 Å². The molecular formula is C15H18O3. The third-order valence-corrected chi connectivity index (χ3v) is 2.59. The van der Waals surface area contributed by atoms with Crippen molar-refractivity contribution in [2.24, 2.45) is 5.92 Å². The maximum atomic E-state index is 11.2. The first-order chi connectivity index (χ1) is 8.71. The van der Waals surface area contributed by atoms with Crippen LogP contribution in [0.25, 0.3) is 0 Å². The lowest BCUT2D eigenvalue weighted by atomic mass is 10.1. The molecule has 0 aromatic heterocycles. The van der Waals surface area contributed by atoms with Crippen LogP contribution in [0, 0.1) is 17.8 Å². The number of esters is 1. The number of hydrogen-bond donors (Lipinski definition) is 0. The summed E-state index contributed by atoms with van der Waals surface area (Å²) in [6.45, 7) is 2.72. The fraction of sp³-hybridized carbons (Fsp3) is 0.400. The van der Waals surface area contributed by atoms with E-state index < -0.39 is 0 Å². The fourth-order valence-corrected chi connectivity index (χ4v) is 1.46. The summed E-state index contributed by atoms with van der Waals surface area (Å²) in [5.74, 6) is 6.15. The topological polar surface area (TPSA) is 35.5 Å². The Morgan fingerprint density at radius 1 is 1.28 bits per heavy atom. The number of benzene rings is 1. The van der Waals surface area contributed by atoms with E-state index in [1.807, 2.05) is 12.1 Å². The monoisotopic (exact) mass is 246 g/mol. The maximum absolute atomic E-state index is 11.2. The highest BCUT2D eigenvalue weighted by Crippen LogP contribution is 2.06. The molecule has 0 amide bonds. The molecule has 1 rings (SSSR count). The van der Waals surface area contributed by atoms with Gasteiger partial charge in [-0.15, -0.1) is 0 Å². The van der Waals surface area contributed by atoms with E-state index in [9.17, 15) is 4.79 Å². The second-order valence-corrected chi connectivity index (χ2v) is 3.90. The summed E-state index contributed by atoms with van der Waals surface area (Å²) in [4.78, 5) is 11.2. The van der Waals surface area contributed by atoms with E-state index >= 15 is 0 Å². The van der Waals surface area contributed by atoms with Gasteiger partial charge in [0.2, 0.25) is 0 Å². The van der Waals surface area contributed by atoms with Crippen molar-refractivity contribution in [3.63, 3.8) is 0 Å². The van der Waals surface area contributed by atoms with Crippen LogP contribution in [-0.4, -0.2) is 26.8 Å². The first kappa shape index (κ1) is 14.3. The molecule has 1 atom stereocenters. The smallest absolute Gasteiger partial charge is 0.337 e. The Morgan fingerprint density at radius 3 is 2.44 bits per heavy atom. The van der Waals surface area contributed by atoms with E-state index in [0.717, 1.165) is 12.0 Å². The summed E-state index contributed by atoms with van der Waals surface area (Å²) < 4.78 is 9.72. The molecule has 0 saturated carbocycles. The Bertz CT molecular complexity index is 437. The molecule has 3 nitrogen and oxygen atoms in total. The minimum absolute atomic E-state index is 0.246. The van der Waals surface area contributed by atoms with Gasteiger partial charge in [0.25, 0.3) is 0 Å². The van der Waals surface area contributed by atoms with E-state index in [1.165, 1.54) is 7.11 Å². The van der Waals surface area contributed by atoms with E-state index in [2.05, 4.69) is 23.5 Å². The van der Waals surface area contributed by atoms with Crippen LogP contribution in [-0.2, 0) is 9.47 Å². The van der Waals surface area contributed by atoms with Crippen molar-refractivity contribution in [2.75, 3.05) is 20.8 Å². The lowest BCUT2D eigenvalue weighted by molar-refractivity contribution is 0.0601. The van der Waals surface area contributed by atoms with Crippen LogP contribution in [0.5, 0.6) is 0 Å². The molecule has 0 radical (unpaired) electrons. The standard InChI is InChI=1S/C15H18O3/c1-4-12(11-17-2)5-6-13-7-9-14(10-8-13)15(16)18-3/h7-10,12H,4,11H2,1-3H3. The number of carbonyl (C=O) groups is 1. The molecule has 0 N–H and O–H groups in total. The second-order valence-electron chi connectivity index (χ2n) is 3.90. The second kappa shape index (κ2) is 7.52. The highest BCUT2D eigenvalue weighted by atomic mass is 16.5. The van der Waals surface area contributed by atoms with Crippen LogP contribution < -0.4 is 0 Å². The zero-order valence-electron chi connectivity index (χ0n) is 11.0. The molecule has 0 aliphatic heterocycles. The molecule has 18 heavy (non-hydrogen) atoms. The zero-order valence-corrected chi connectivity index (χ0v) is 11.0. The Hall–Kier alpha value is -1.79. The Labute approximate surface area is 108 Å². The summed E-state index contributed by atoms with van der Waals surface area (Å²) in [6.07, 6.45) is 0.959. The molecule has 0 bridgehead atoms. The van der Waals surface area contributed by atoms with E-state index in [1.54, 1.807) is 19.2 Å². The molecular weight excluding hydrogens is 228 g/mol. The van der Waals surface area contributed by atoms with Crippen molar-refractivity contribution in [1.82, 2.24) is 0 Å². The minimum Gasteiger partial charge on any atom is -0.465 e. The predicted octanol–water partition coefficient (Wildman–Crippen LogP) is 2.50. The van der Waals surface area contributed by atoms with Gasteiger partial charge >= 0.3 is 5.97 Å². The van der Waals surface area contributed by atoms with Gasteiger partial charge in [-0.2, -0.15) is 0 Å².